The number of hydrogen-bond donors (Lipinski definition) is 0. The van der Waals surface area contributed by atoms with E-state index in [-0.39, 0.29) is 5.41 Å². The van der Waals surface area contributed by atoms with Gasteiger partial charge in [0.25, 0.3) is 0 Å². The van der Waals surface area contributed by atoms with E-state index in [9.17, 15) is 0 Å². The minimum Gasteiger partial charge on any atom is -0.132 e. The summed E-state index contributed by atoms with van der Waals surface area (Å²) in [6, 6.07) is 2.09. The molecule has 1 rings (SSSR count). The van der Waals surface area contributed by atoms with Gasteiger partial charge < -0.3 is 0 Å². The molecular formula is C8H11ClS. The largest absolute Gasteiger partial charge is 0.132 e. The Morgan fingerprint density at radius 1 is 1.40 bits per heavy atom. The molecule has 1 aromatic rings. The van der Waals surface area contributed by atoms with Crippen LogP contribution in [0.5, 0.6) is 0 Å². The van der Waals surface area contributed by atoms with Gasteiger partial charge in [0, 0.05) is 0 Å². The Labute approximate surface area is 70.8 Å². The van der Waals surface area contributed by atoms with Gasteiger partial charge in [-0.1, -0.05) is 32.4 Å². The Morgan fingerprint density at radius 3 is 2.20 bits per heavy atom. The van der Waals surface area contributed by atoms with Gasteiger partial charge in [-0.05, 0) is 22.4 Å². The van der Waals surface area contributed by atoms with Crippen LogP contribution >= 0.6 is 22.9 Å². The van der Waals surface area contributed by atoms with E-state index in [1.165, 1.54) is 5.56 Å². The molecule has 1 heterocycles. The van der Waals surface area contributed by atoms with Crippen LogP contribution in [0.15, 0.2) is 11.4 Å². The van der Waals surface area contributed by atoms with Crippen molar-refractivity contribution in [2.45, 2.75) is 26.2 Å². The van der Waals surface area contributed by atoms with Crippen LogP contribution in [0.2, 0.25) is 4.34 Å². The lowest BCUT2D eigenvalue weighted by atomic mass is 9.89. The second kappa shape index (κ2) is 2.55. The second-order valence-corrected chi connectivity index (χ2v) is 4.88. The van der Waals surface area contributed by atoms with Crippen LogP contribution in [0.4, 0.5) is 0 Å². The average Bonchev–Trinajstić information content (AvgIpc) is 2.11. The quantitative estimate of drug-likeness (QED) is 0.563. The molecular weight excluding hydrogens is 164 g/mol. The molecule has 2 heteroatoms. The SMILES string of the molecule is CC(C)(C)c1ccsc1Cl. The summed E-state index contributed by atoms with van der Waals surface area (Å²) in [5, 5.41) is 2.03. The van der Waals surface area contributed by atoms with Crippen molar-refractivity contribution >= 4 is 22.9 Å². The number of halogens is 1. The second-order valence-electron chi connectivity index (χ2n) is 3.36. The first kappa shape index (κ1) is 8.09. The summed E-state index contributed by atoms with van der Waals surface area (Å²) in [5.74, 6) is 0. The van der Waals surface area contributed by atoms with Crippen molar-refractivity contribution in [1.29, 1.82) is 0 Å². The molecule has 0 amide bonds. The minimum absolute atomic E-state index is 0.192. The van der Waals surface area contributed by atoms with E-state index >= 15 is 0 Å². The number of hydrogen-bond acceptors (Lipinski definition) is 1. The van der Waals surface area contributed by atoms with Crippen molar-refractivity contribution < 1.29 is 0 Å². The van der Waals surface area contributed by atoms with E-state index in [0.29, 0.717) is 0 Å². The molecule has 0 aliphatic heterocycles. The van der Waals surface area contributed by atoms with Crippen LogP contribution in [0, 0.1) is 0 Å². The van der Waals surface area contributed by atoms with E-state index in [2.05, 4.69) is 26.8 Å². The van der Waals surface area contributed by atoms with Crippen LogP contribution in [0.1, 0.15) is 26.3 Å². The molecule has 1 aromatic heterocycles. The van der Waals surface area contributed by atoms with Gasteiger partial charge >= 0.3 is 0 Å². The Morgan fingerprint density at radius 2 is 2.00 bits per heavy atom. The molecule has 0 nitrogen and oxygen atoms in total. The summed E-state index contributed by atoms with van der Waals surface area (Å²) in [6.45, 7) is 6.50. The summed E-state index contributed by atoms with van der Waals surface area (Å²) < 4.78 is 0.924. The molecule has 0 unspecified atom stereocenters. The van der Waals surface area contributed by atoms with Gasteiger partial charge in [-0.3, -0.25) is 0 Å². The average molecular weight is 175 g/mol. The molecule has 0 N–H and O–H groups in total. The van der Waals surface area contributed by atoms with Crippen molar-refractivity contribution in [3.8, 4) is 0 Å². The highest BCUT2D eigenvalue weighted by atomic mass is 35.5. The first-order valence-electron chi connectivity index (χ1n) is 3.25. The van der Waals surface area contributed by atoms with E-state index in [0.717, 1.165) is 4.34 Å². The van der Waals surface area contributed by atoms with Crippen LogP contribution in [0.25, 0.3) is 0 Å². The molecule has 10 heavy (non-hydrogen) atoms. The fraction of sp³-hybridized carbons (Fsp3) is 0.500. The zero-order valence-electron chi connectivity index (χ0n) is 6.44. The Bertz CT molecular complexity index is 219. The standard InChI is InChI=1S/C8H11ClS/c1-8(2,3)6-4-5-10-7(6)9/h4-5H,1-3H3. The highest BCUT2D eigenvalue weighted by Gasteiger charge is 2.17. The highest BCUT2D eigenvalue weighted by molar-refractivity contribution is 7.14. The molecule has 0 aliphatic carbocycles. The lowest BCUT2D eigenvalue weighted by Crippen LogP contribution is -2.09. The monoisotopic (exact) mass is 174 g/mol. The van der Waals surface area contributed by atoms with Crippen LogP contribution in [0.3, 0.4) is 0 Å². The zero-order valence-corrected chi connectivity index (χ0v) is 8.01. The summed E-state index contributed by atoms with van der Waals surface area (Å²) in [7, 11) is 0. The van der Waals surface area contributed by atoms with Crippen LogP contribution < -0.4 is 0 Å². The molecule has 0 saturated carbocycles. The van der Waals surface area contributed by atoms with E-state index in [1.807, 2.05) is 5.38 Å². The topological polar surface area (TPSA) is 0 Å². The molecule has 0 aromatic carbocycles. The van der Waals surface area contributed by atoms with Gasteiger partial charge in [-0.15, -0.1) is 11.3 Å². The Hall–Kier alpha value is -0.0100. The third kappa shape index (κ3) is 1.53. The van der Waals surface area contributed by atoms with Crippen molar-refractivity contribution in [2.75, 3.05) is 0 Å². The molecule has 0 radical (unpaired) electrons. The number of thiophene rings is 1. The Balaban J connectivity index is 3.05. The maximum Gasteiger partial charge on any atom is 0.0965 e. The van der Waals surface area contributed by atoms with E-state index < -0.39 is 0 Å². The summed E-state index contributed by atoms with van der Waals surface area (Å²) in [6.07, 6.45) is 0. The maximum atomic E-state index is 5.94. The molecule has 56 valence electrons. The molecule has 0 spiro atoms. The van der Waals surface area contributed by atoms with E-state index in [1.54, 1.807) is 11.3 Å². The van der Waals surface area contributed by atoms with E-state index in [4.69, 9.17) is 11.6 Å². The van der Waals surface area contributed by atoms with Crippen LogP contribution in [-0.2, 0) is 5.41 Å². The molecule has 0 fully saturated rings. The molecule has 0 bridgehead atoms. The maximum absolute atomic E-state index is 5.94. The van der Waals surface area contributed by atoms with Crippen molar-refractivity contribution in [3.05, 3.63) is 21.3 Å². The third-order valence-corrected chi connectivity index (χ3v) is 2.60. The highest BCUT2D eigenvalue weighted by Crippen LogP contribution is 2.32. The predicted molar refractivity (Wildman–Crippen MR) is 48.0 cm³/mol. The smallest absolute Gasteiger partial charge is 0.0965 e. The minimum atomic E-state index is 0.192. The lowest BCUT2D eigenvalue weighted by molar-refractivity contribution is 0.593. The Kier molecular flexibility index (Phi) is 2.07. The number of rotatable bonds is 0. The summed E-state index contributed by atoms with van der Waals surface area (Å²) >= 11 is 7.54. The molecule has 0 aliphatic rings. The summed E-state index contributed by atoms with van der Waals surface area (Å²) in [4.78, 5) is 0. The lowest BCUT2D eigenvalue weighted by Gasteiger charge is -2.16. The third-order valence-electron chi connectivity index (χ3n) is 1.43. The normalized spacial score (nSPS) is 12.0. The van der Waals surface area contributed by atoms with Crippen molar-refractivity contribution in [2.24, 2.45) is 0 Å². The van der Waals surface area contributed by atoms with Crippen molar-refractivity contribution in [3.63, 3.8) is 0 Å². The van der Waals surface area contributed by atoms with Crippen molar-refractivity contribution in [1.82, 2.24) is 0 Å². The van der Waals surface area contributed by atoms with Gasteiger partial charge in [0.1, 0.15) is 0 Å². The summed E-state index contributed by atoms with van der Waals surface area (Å²) in [5.41, 5.74) is 1.44. The first-order valence-corrected chi connectivity index (χ1v) is 4.51. The fourth-order valence-corrected chi connectivity index (χ4v) is 2.16. The molecule has 0 atom stereocenters. The first-order chi connectivity index (χ1) is 4.52. The van der Waals surface area contributed by atoms with Gasteiger partial charge in [-0.25, -0.2) is 0 Å². The van der Waals surface area contributed by atoms with Gasteiger partial charge in [0.15, 0.2) is 0 Å². The zero-order chi connectivity index (χ0) is 7.78. The van der Waals surface area contributed by atoms with Gasteiger partial charge in [-0.2, -0.15) is 0 Å². The van der Waals surface area contributed by atoms with Gasteiger partial charge in [0.2, 0.25) is 0 Å². The predicted octanol–water partition coefficient (Wildman–Crippen LogP) is 3.70. The van der Waals surface area contributed by atoms with Gasteiger partial charge in [0.05, 0.1) is 4.34 Å². The fourth-order valence-electron chi connectivity index (χ4n) is 0.836. The van der Waals surface area contributed by atoms with Crippen LogP contribution in [-0.4, -0.2) is 0 Å². The molecule has 0 saturated heterocycles.